The highest BCUT2D eigenvalue weighted by molar-refractivity contribution is 5.95. The molecule has 0 unspecified atom stereocenters. The molecule has 2 N–H and O–H groups in total. The first-order chi connectivity index (χ1) is 15.7. The van der Waals surface area contributed by atoms with Gasteiger partial charge in [0.1, 0.15) is 11.9 Å². The van der Waals surface area contributed by atoms with Crippen molar-refractivity contribution in [2.75, 3.05) is 12.4 Å². The van der Waals surface area contributed by atoms with Gasteiger partial charge in [0, 0.05) is 17.4 Å². The summed E-state index contributed by atoms with van der Waals surface area (Å²) < 4.78 is 92.8. The van der Waals surface area contributed by atoms with Crippen molar-refractivity contribution in [2.24, 2.45) is 5.92 Å². The van der Waals surface area contributed by atoms with Gasteiger partial charge in [-0.05, 0) is 25.1 Å². The average Bonchev–Trinajstić information content (AvgIpc) is 3.05. The molecular weight excluding hydrogens is 470 g/mol. The fraction of sp³-hybridized carbons (Fsp3) is 0.455. The smallest absolute Gasteiger partial charge is 0.419 e. The monoisotopic (exact) mass is 492 g/mol. The molecule has 0 spiro atoms. The van der Waals surface area contributed by atoms with Crippen LogP contribution in [-0.4, -0.2) is 41.0 Å². The molecule has 1 amide bonds. The van der Waals surface area contributed by atoms with Gasteiger partial charge in [0.2, 0.25) is 0 Å². The van der Waals surface area contributed by atoms with E-state index in [0.29, 0.717) is 5.69 Å². The van der Waals surface area contributed by atoms with Gasteiger partial charge in [0.05, 0.1) is 36.9 Å². The third-order valence-corrected chi connectivity index (χ3v) is 6.10. The summed E-state index contributed by atoms with van der Waals surface area (Å²) in [5, 5.41) is 11.5. The van der Waals surface area contributed by atoms with Gasteiger partial charge in [0.25, 0.3) is 5.91 Å². The van der Waals surface area contributed by atoms with Gasteiger partial charge >= 0.3 is 12.4 Å². The van der Waals surface area contributed by atoms with E-state index in [-0.39, 0.29) is 17.9 Å². The summed E-state index contributed by atoms with van der Waals surface area (Å²) in [6, 6.07) is 5.75. The number of ether oxygens (including phenoxy) is 2. The number of para-hydroxylation sites is 1. The number of benzene rings is 1. The Bertz CT molecular complexity index is 1040. The van der Waals surface area contributed by atoms with Gasteiger partial charge in [-0.2, -0.15) is 26.3 Å². The van der Waals surface area contributed by atoms with Crippen molar-refractivity contribution in [2.45, 2.75) is 50.4 Å². The number of carbonyl (C=O) groups is 1. The lowest BCUT2D eigenvalue weighted by Gasteiger charge is -2.32. The van der Waals surface area contributed by atoms with E-state index in [9.17, 15) is 31.1 Å². The number of aliphatic hydroxyl groups is 1. The topological polar surface area (TPSA) is 80.7 Å². The molecule has 12 heteroatoms. The zero-order valence-electron chi connectivity index (χ0n) is 18.3. The number of nitrogens with one attached hydrogen (secondary N) is 1. The summed E-state index contributed by atoms with van der Waals surface area (Å²) in [4.78, 5) is 16.9. The number of nitrogens with zero attached hydrogens (tertiary/aromatic N) is 1. The molecule has 0 aliphatic carbocycles. The molecule has 1 aliphatic heterocycles. The van der Waals surface area contributed by atoms with Crippen LogP contribution >= 0.6 is 0 Å². The second-order valence-electron chi connectivity index (χ2n) is 8.07. The lowest BCUT2D eigenvalue weighted by atomic mass is 9.76. The van der Waals surface area contributed by atoms with E-state index < -0.39 is 53.1 Å². The van der Waals surface area contributed by atoms with Crippen LogP contribution in [0.1, 0.15) is 36.6 Å². The molecule has 0 radical (unpaired) electrons. The van der Waals surface area contributed by atoms with Crippen LogP contribution in [0.2, 0.25) is 0 Å². The van der Waals surface area contributed by atoms with Crippen LogP contribution in [0.3, 0.4) is 0 Å². The minimum absolute atomic E-state index is 0.105. The maximum Gasteiger partial charge on any atom is 0.419 e. The van der Waals surface area contributed by atoms with Crippen molar-refractivity contribution in [1.82, 2.24) is 4.98 Å². The van der Waals surface area contributed by atoms with E-state index >= 15 is 0 Å². The Labute approximate surface area is 190 Å². The van der Waals surface area contributed by atoms with Gasteiger partial charge in [-0.25, -0.2) is 0 Å². The minimum atomic E-state index is -4.92. The molecule has 2 heterocycles. The van der Waals surface area contributed by atoms with Crippen LogP contribution in [0.15, 0.2) is 36.5 Å². The molecule has 4 atom stereocenters. The highest BCUT2D eigenvalue weighted by atomic mass is 19.4. The number of alkyl halides is 6. The number of rotatable bonds is 5. The Morgan fingerprint density at radius 3 is 2.38 bits per heavy atom. The molecule has 1 saturated heterocycles. The van der Waals surface area contributed by atoms with E-state index in [0.717, 1.165) is 26.2 Å². The van der Waals surface area contributed by atoms with E-state index in [2.05, 4.69) is 10.3 Å². The highest BCUT2D eigenvalue weighted by Gasteiger charge is 2.66. The van der Waals surface area contributed by atoms with Crippen molar-refractivity contribution < 1.29 is 45.7 Å². The number of halogens is 6. The second kappa shape index (κ2) is 9.06. The van der Waals surface area contributed by atoms with Crippen LogP contribution in [0.5, 0.6) is 5.75 Å². The Hall–Kier alpha value is -2.86. The number of aliphatic hydroxyl groups excluding tert-OH is 1. The van der Waals surface area contributed by atoms with Gasteiger partial charge < -0.3 is 19.9 Å². The van der Waals surface area contributed by atoms with Crippen molar-refractivity contribution in [1.29, 1.82) is 0 Å². The molecule has 1 fully saturated rings. The van der Waals surface area contributed by atoms with Crippen molar-refractivity contribution in [3.05, 3.63) is 53.3 Å². The number of hydrogen-bond acceptors (Lipinski definition) is 5. The predicted molar refractivity (Wildman–Crippen MR) is 108 cm³/mol. The molecule has 1 aromatic heterocycles. The standard InChI is InChI=1S/C22H22F6N2O4/c1-11-16(14-5-4-6-15(17(14)33-3)21(23,24)25)18(34-20(11,2)22(26,27)28)19(32)30-12-7-8-13(10-31)29-9-12/h4-9,11,16,18,31H,10H2,1-3H3,(H,30,32)/t11-,16-,18+,20+/m0/s1. The summed E-state index contributed by atoms with van der Waals surface area (Å²) >= 11 is 0. The van der Waals surface area contributed by atoms with Crippen molar-refractivity contribution in [3.8, 4) is 5.75 Å². The fourth-order valence-electron chi connectivity index (χ4n) is 4.10. The van der Waals surface area contributed by atoms with Crippen molar-refractivity contribution in [3.63, 3.8) is 0 Å². The van der Waals surface area contributed by atoms with E-state index in [4.69, 9.17) is 14.6 Å². The average molecular weight is 492 g/mol. The number of amides is 1. The maximum absolute atomic E-state index is 14.0. The SMILES string of the molecule is COc1c([C@H]2[C@H](C(=O)Nc3ccc(CO)nc3)O[C@@](C)(C(F)(F)F)[C@H]2C)cccc1C(F)(F)F. The molecular formula is C22H22F6N2O4. The zero-order chi connectivity index (χ0) is 25.5. The number of carbonyl (C=O) groups excluding carboxylic acids is 1. The number of aromatic nitrogens is 1. The number of hydrogen-bond donors (Lipinski definition) is 2. The fourth-order valence-corrected chi connectivity index (χ4v) is 4.10. The van der Waals surface area contributed by atoms with Crippen LogP contribution in [0.25, 0.3) is 0 Å². The molecule has 0 bridgehead atoms. The maximum atomic E-state index is 14.0. The quantitative estimate of drug-likeness (QED) is 0.593. The first kappa shape index (κ1) is 25.8. The normalized spacial score (nSPS) is 25.3. The molecule has 1 aromatic carbocycles. The molecule has 3 rings (SSSR count). The third kappa shape index (κ3) is 4.56. The number of pyridine rings is 1. The summed E-state index contributed by atoms with van der Waals surface area (Å²) in [6.45, 7) is 1.57. The van der Waals surface area contributed by atoms with Crippen LogP contribution in [0, 0.1) is 5.92 Å². The van der Waals surface area contributed by atoms with Gasteiger partial charge in [-0.15, -0.1) is 0 Å². The Morgan fingerprint density at radius 1 is 1.21 bits per heavy atom. The molecule has 1 aliphatic rings. The summed E-state index contributed by atoms with van der Waals surface area (Å²) in [6.07, 6.45) is -10.4. The molecule has 6 nitrogen and oxygen atoms in total. The zero-order valence-corrected chi connectivity index (χ0v) is 18.3. The lowest BCUT2D eigenvalue weighted by Crippen LogP contribution is -2.47. The van der Waals surface area contributed by atoms with Crippen LogP contribution in [-0.2, 0) is 22.3 Å². The number of methoxy groups -OCH3 is 1. The van der Waals surface area contributed by atoms with Crippen LogP contribution < -0.4 is 10.1 Å². The summed E-state index contributed by atoms with van der Waals surface area (Å²) in [7, 11) is 0.973. The van der Waals surface area contributed by atoms with Gasteiger partial charge in [0.15, 0.2) is 5.60 Å². The van der Waals surface area contributed by atoms with E-state index in [1.807, 2.05) is 0 Å². The first-order valence-corrected chi connectivity index (χ1v) is 10.1. The first-order valence-electron chi connectivity index (χ1n) is 10.1. The van der Waals surface area contributed by atoms with Gasteiger partial charge in [-0.3, -0.25) is 9.78 Å². The Balaban J connectivity index is 2.09. The van der Waals surface area contributed by atoms with Gasteiger partial charge in [-0.1, -0.05) is 19.1 Å². The Morgan fingerprint density at radius 2 is 1.88 bits per heavy atom. The van der Waals surface area contributed by atoms with Crippen LogP contribution in [0.4, 0.5) is 32.0 Å². The largest absolute Gasteiger partial charge is 0.496 e. The van der Waals surface area contributed by atoms with Crippen molar-refractivity contribution >= 4 is 11.6 Å². The molecule has 0 saturated carbocycles. The minimum Gasteiger partial charge on any atom is -0.496 e. The second-order valence-corrected chi connectivity index (χ2v) is 8.07. The van der Waals surface area contributed by atoms with E-state index in [1.54, 1.807) is 0 Å². The van der Waals surface area contributed by atoms with E-state index in [1.165, 1.54) is 31.3 Å². The molecule has 34 heavy (non-hydrogen) atoms. The predicted octanol–water partition coefficient (Wildman–Crippen LogP) is 4.68. The summed E-state index contributed by atoms with van der Waals surface area (Å²) in [5.74, 6) is -4.54. The molecule has 186 valence electrons. The summed E-state index contributed by atoms with van der Waals surface area (Å²) in [5.41, 5.74) is -3.83. The molecule has 2 aromatic rings. The lowest BCUT2D eigenvalue weighted by molar-refractivity contribution is -0.272. The number of anilines is 1. The highest BCUT2D eigenvalue weighted by Crippen LogP contribution is 2.55. The third-order valence-electron chi connectivity index (χ3n) is 6.10. The Kier molecular flexibility index (Phi) is 6.87.